The highest BCUT2D eigenvalue weighted by molar-refractivity contribution is 6.07. The van der Waals surface area contributed by atoms with Gasteiger partial charge in [-0.05, 0) is 48.6 Å². The number of benzene rings is 3. The third-order valence-corrected chi connectivity index (χ3v) is 5.71. The number of fused-ring (bicyclic) bond motifs is 1. The number of para-hydroxylation sites is 1. The van der Waals surface area contributed by atoms with Gasteiger partial charge in [0.15, 0.2) is 0 Å². The number of carbonyl (C=O) groups is 2. The Hall–Kier alpha value is -3.90. The zero-order valence-electron chi connectivity index (χ0n) is 17.6. The quantitative estimate of drug-likeness (QED) is 0.292. The van der Waals surface area contributed by atoms with Crippen molar-refractivity contribution in [3.05, 3.63) is 107 Å². The first-order valence-corrected chi connectivity index (χ1v) is 10.6. The van der Waals surface area contributed by atoms with Gasteiger partial charge in [-0.3, -0.25) is 14.8 Å². The molecule has 0 aliphatic rings. The van der Waals surface area contributed by atoms with Gasteiger partial charge in [0.2, 0.25) is 0 Å². The molecule has 0 radical (unpaired) electrons. The summed E-state index contributed by atoms with van der Waals surface area (Å²) in [5, 5.41) is 9.67. The lowest BCUT2D eigenvalue weighted by atomic mass is 10.0. The largest absolute Gasteiger partial charge is 0.366 e. The molecule has 4 aromatic rings. The van der Waals surface area contributed by atoms with E-state index in [1.54, 1.807) is 17.6 Å². The maximum atomic E-state index is 12.4. The van der Waals surface area contributed by atoms with Crippen molar-refractivity contribution in [1.29, 1.82) is 0 Å². The Kier molecular flexibility index (Phi) is 6.33. The van der Waals surface area contributed by atoms with Gasteiger partial charge in [-0.1, -0.05) is 60.7 Å². The maximum Gasteiger partial charge on any atom is 0.274 e. The fourth-order valence-electron chi connectivity index (χ4n) is 4.19. The number of hydroxylamine groups is 1. The van der Waals surface area contributed by atoms with E-state index < -0.39 is 11.8 Å². The Balaban J connectivity index is 1.69. The van der Waals surface area contributed by atoms with E-state index in [0.29, 0.717) is 24.1 Å². The van der Waals surface area contributed by atoms with Gasteiger partial charge in [-0.25, -0.2) is 5.48 Å². The van der Waals surface area contributed by atoms with E-state index in [9.17, 15) is 9.59 Å². The van der Waals surface area contributed by atoms with Crippen LogP contribution in [-0.4, -0.2) is 21.6 Å². The highest BCUT2D eigenvalue weighted by Crippen LogP contribution is 2.28. The number of nitrogens with one attached hydrogen (secondary N) is 1. The van der Waals surface area contributed by atoms with Crippen molar-refractivity contribution < 1.29 is 14.8 Å². The van der Waals surface area contributed by atoms with Crippen LogP contribution in [0.15, 0.2) is 78.9 Å². The summed E-state index contributed by atoms with van der Waals surface area (Å²) < 4.78 is 2.14. The van der Waals surface area contributed by atoms with Crippen LogP contribution < -0.4 is 11.2 Å². The Labute approximate surface area is 186 Å². The molecule has 6 heteroatoms. The smallest absolute Gasteiger partial charge is 0.274 e. The van der Waals surface area contributed by atoms with Crippen molar-refractivity contribution in [2.45, 2.75) is 25.8 Å². The molecule has 32 heavy (non-hydrogen) atoms. The number of hydrogen-bond acceptors (Lipinski definition) is 3. The second-order valence-electron chi connectivity index (χ2n) is 7.77. The molecule has 2 amide bonds. The van der Waals surface area contributed by atoms with Crippen molar-refractivity contribution in [2.24, 2.45) is 5.73 Å². The lowest BCUT2D eigenvalue weighted by Gasteiger charge is -2.13. The summed E-state index contributed by atoms with van der Waals surface area (Å²) in [6.07, 6.45) is 2.51. The van der Waals surface area contributed by atoms with Crippen molar-refractivity contribution in [2.75, 3.05) is 0 Å². The van der Waals surface area contributed by atoms with E-state index in [2.05, 4.69) is 16.7 Å². The molecule has 4 rings (SSSR count). The molecule has 3 aromatic carbocycles. The number of aryl methyl sites for hydroxylation is 1. The number of hydrogen-bond donors (Lipinski definition) is 3. The molecular formula is C26H25N3O3. The van der Waals surface area contributed by atoms with E-state index >= 15 is 0 Å². The average molecular weight is 428 g/mol. The van der Waals surface area contributed by atoms with Gasteiger partial charge in [0.25, 0.3) is 11.8 Å². The number of carbonyl (C=O) groups excluding carboxylic acids is 2. The molecule has 6 nitrogen and oxygen atoms in total. The Morgan fingerprint density at radius 3 is 2.22 bits per heavy atom. The average Bonchev–Trinajstić information content (AvgIpc) is 3.13. The molecule has 0 aliphatic carbocycles. The topological polar surface area (TPSA) is 97.4 Å². The summed E-state index contributed by atoms with van der Waals surface area (Å²) in [6, 6.07) is 25.1. The van der Waals surface area contributed by atoms with E-state index in [4.69, 9.17) is 10.9 Å². The van der Waals surface area contributed by atoms with Gasteiger partial charge < -0.3 is 10.3 Å². The van der Waals surface area contributed by atoms with Gasteiger partial charge in [-0.15, -0.1) is 0 Å². The Morgan fingerprint density at radius 1 is 0.844 bits per heavy atom. The summed E-state index contributed by atoms with van der Waals surface area (Å²) in [4.78, 5) is 24.0. The minimum Gasteiger partial charge on any atom is -0.366 e. The lowest BCUT2D eigenvalue weighted by molar-refractivity contribution is 0.0706. The van der Waals surface area contributed by atoms with Crippen LogP contribution >= 0.6 is 0 Å². The van der Waals surface area contributed by atoms with E-state index in [1.165, 1.54) is 5.56 Å². The Morgan fingerprint density at radius 2 is 1.53 bits per heavy atom. The highest BCUT2D eigenvalue weighted by atomic mass is 16.5. The van der Waals surface area contributed by atoms with Crippen molar-refractivity contribution >= 4 is 22.7 Å². The van der Waals surface area contributed by atoms with Crippen molar-refractivity contribution in [3.63, 3.8) is 0 Å². The van der Waals surface area contributed by atoms with E-state index in [-0.39, 0.29) is 0 Å². The molecule has 1 heterocycles. The molecule has 0 unspecified atom stereocenters. The normalized spacial score (nSPS) is 10.9. The van der Waals surface area contributed by atoms with E-state index in [0.717, 1.165) is 35.0 Å². The minimum absolute atomic E-state index is 0.370. The summed E-state index contributed by atoms with van der Waals surface area (Å²) in [7, 11) is 0. The molecule has 162 valence electrons. The molecule has 0 saturated carbocycles. The predicted octanol–water partition coefficient (Wildman–Crippen LogP) is 4.08. The molecule has 0 fully saturated rings. The van der Waals surface area contributed by atoms with E-state index in [1.807, 2.05) is 54.6 Å². The lowest BCUT2D eigenvalue weighted by Crippen LogP contribution is -2.18. The summed E-state index contributed by atoms with van der Waals surface area (Å²) in [6.45, 7) is 0.537. The van der Waals surface area contributed by atoms with Crippen LogP contribution in [0, 0.1) is 0 Å². The first kappa shape index (κ1) is 21.3. The number of nitrogens with two attached hydrogens (primary N) is 1. The number of amides is 2. The molecule has 0 aliphatic heterocycles. The van der Waals surface area contributed by atoms with Crippen LogP contribution in [0.5, 0.6) is 0 Å². The molecular weight excluding hydrogens is 402 g/mol. The summed E-state index contributed by atoms with van der Waals surface area (Å²) in [5.41, 5.74) is 12.5. The first-order chi connectivity index (χ1) is 15.6. The Bertz CT molecular complexity index is 1240. The van der Waals surface area contributed by atoms with Gasteiger partial charge in [0.05, 0.1) is 5.56 Å². The number of primary amides is 1. The number of rotatable bonds is 8. The molecule has 1 aromatic heterocycles. The maximum absolute atomic E-state index is 12.4. The monoisotopic (exact) mass is 427 g/mol. The number of nitrogens with zero attached hydrogens (tertiary/aromatic N) is 1. The van der Waals surface area contributed by atoms with Crippen LogP contribution in [0.3, 0.4) is 0 Å². The zero-order valence-corrected chi connectivity index (χ0v) is 17.6. The first-order valence-electron chi connectivity index (χ1n) is 10.6. The SMILES string of the molecule is NC(=O)c1c(CCCc2ccccc2)n(Cc2ccc(C(=O)NO)cc2)c2ccccc12. The standard InChI is InChI=1S/C26H25N3O3/c27-25(30)24-21-10-4-5-11-22(21)29(17-19-13-15-20(16-14-19)26(31)28-32)23(24)12-6-9-18-7-2-1-3-8-18/h1-5,7-8,10-11,13-16,32H,6,9,12,17H2,(H2,27,30)(H,28,31). The van der Waals surface area contributed by atoms with Crippen molar-refractivity contribution in [1.82, 2.24) is 10.0 Å². The molecule has 0 spiro atoms. The van der Waals surface area contributed by atoms with Gasteiger partial charge in [-0.2, -0.15) is 0 Å². The van der Waals surface area contributed by atoms with Crippen LogP contribution in [-0.2, 0) is 19.4 Å². The second-order valence-corrected chi connectivity index (χ2v) is 7.77. The zero-order chi connectivity index (χ0) is 22.5. The predicted molar refractivity (Wildman–Crippen MR) is 124 cm³/mol. The fourth-order valence-corrected chi connectivity index (χ4v) is 4.19. The van der Waals surface area contributed by atoms with Crippen molar-refractivity contribution in [3.8, 4) is 0 Å². The van der Waals surface area contributed by atoms with Gasteiger partial charge in [0.1, 0.15) is 0 Å². The number of aromatic nitrogens is 1. The minimum atomic E-state index is -0.555. The fraction of sp³-hybridized carbons (Fsp3) is 0.154. The molecule has 4 N–H and O–H groups in total. The third-order valence-electron chi connectivity index (χ3n) is 5.71. The summed E-state index contributed by atoms with van der Waals surface area (Å²) >= 11 is 0. The van der Waals surface area contributed by atoms with Gasteiger partial charge >= 0.3 is 0 Å². The van der Waals surface area contributed by atoms with Crippen LogP contribution in [0.1, 0.15) is 44.0 Å². The molecule has 0 atom stereocenters. The highest BCUT2D eigenvalue weighted by Gasteiger charge is 2.20. The third kappa shape index (κ3) is 4.40. The van der Waals surface area contributed by atoms with Gasteiger partial charge in [0, 0.05) is 28.7 Å². The summed E-state index contributed by atoms with van der Waals surface area (Å²) in [5.74, 6) is -0.981. The second kappa shape index (κ2) is 9.49. The molecule has 0 saturated heterocycles. The van der Waals surface area contributed by atoms with Crippen LogP contribution in [0.25, 0.3) is 10.9 Å². The molecule has 0 bridgehead atoms. The van der Waals surface area contributed by atoms with Crippen LogP contribution in [0.4, 0.5) is 0 Å². The van der Waals surface area contributed by atoms with Crippen LogP contribution in [0.2, 0.25) is 0 Å².